The van der Waals surface area contributed by atoms with E-state index in [4.69, 9.17) is 4.52 Å². The lowest BCUT2D eigenvalue weighted by Gasteiger charge is -2.22. The maximum atomic E-state index is 13.9. The average molecular weight is 388 g/mol. The molecule has 0 aliphatic carbocycles. The van der Waals surface area contributed by atoms with Crippen LogP contribution in [0.25, 0.3) is 11.4 Å². The van der Waals surface area contributed by atoms with Crippen LogP contribution in [0, 0.1) is 17.5 Å². The van der Waals surface area contributed by atoms with Crippen molar-refractivity contribution in [3.05, 3.63) is 65.8 Å². The Labute approximate surface area is 158 Å². The van der Waals surface area contributed by atoms with Crippen LogP contribution in [0.5, 0.6) is 0 Å². The summed E-state index contributed by atoms with van der Waals surface area (Å²) < 4.78 is 45.3. The number of anilines is 1. The van der Waals surface area contributed by atoms with Gasteiger partial charge in [0, 0.05) is 18.3 Å². The number of hydrogen-bond acceptors (Lipinski definition) is 4. The lowest BCUT2D eigenvalue weighted by Crippen LogP contribution is -2.34. The van der Waals surface area contributed by atoms with E-state index >= 15 is 0 Å². The molecule has 1 atom stereocenters. The summed E-state index contributed by atoms with van der Waals surface area (Å²) in [5.74, 6) is -1.75. The Hall–Kier alpha value is -3.36. The van der Waals surface area contributed by atoms with E-state index in [2.05, 4.69) is 15.5 Å². The summed E-state index contributed by atoms with van der Waals surface area (Å²) in [5, 5.41) is 6.45. The van der Waals surface area contributed by atoms with Crippen molar-refractivity contribution in [1.29, 1.82) is 0 Å². The molecule has 144 valence electrons. The third-order valence-corrected chi connectivity index (χ3v) is 4.51. The Bertz CT molecular complexity index is 1010. The summed E-state index contributed by atoms with van der Waals surface area (Å²) in [6.45, 7) is 0.473. The van der Waals surface area contributed by atoms with Crippen LogP contribution in [0.15, 0.2) is 47.0 Å². The van der Waals surface area contributed by atoms with Crippen LogP contribution in [0.4, 0.5) is 23.7 Å². The standard InChI is InChI=1S/C19H15F3N4O2/c20-11-3-6-13(7-4-11)23-19(27)26-9-1-2-16(26)18-24-17(25-28-18)14-8-5-12(21)10-15(14)22/h3-8,10,16H,1-2,9H2,(H,23,27)/t16-/m1/s1. The molecule has 2 amide bonds. The second-order valence-electron chi connectivity index (χ2n) is 6.37. The Morgan fingerprint density at radius 1 is 1.11 bits per heavy atom. The first-order valence-electron chi connectivity index (χ1n) is 8.63. The third kappa shape index (κ3) is 3.55. The minimum atomic E-state index is -0.801. The monoisotopic (exact) mass is 388 g/mol. The number of hydrogen-bond donors (Lipinski definition) is 1. The number of amides is 2. The fourth-order valence-corrected chi connectivity index (χ4v) is 3.15. The number of urea groups is 1. The molecule has 0 spiro atoms. The Morgan fingerprint density at radius 2 is 1.86 bits per heavy atom. The molecule has 2 aromatic carbocycles. The molecule has 1 saturated heterocycles. The van der Waals surface area contributed by atoms with Crippen molar-refractivity contribution in [3.63, 3.8) is 0 Å². The molecule has 28 heavy (non-hydrogen) atoms. The summed E-state index contributed by atoms with van der Waals surface area (Å²) in [6, 6.07) is 7.63. The van der Waals surface area contributed by atoms with E-state index in [1.54, 1.807) is 0 Å². The van der Waals surface area contributed by atoms with Crippen LogP contribution in [-0.2, 0) is 0 Å². The smallest absolute Gasteiger partial charge is 0.322 e. The molecule has 0 radical (unpaired) electrons. The fourth-order valence-electron chi connectivity index (χ4n) is 3.15. The van der Waals surface area contributed by atoms with Gasteiger partial charge in [-0.25, -0.2) is 18.0 Å². The lowest BCUT2D eigenvalue weighted by atomic mass is 10.2. The molecule has 1 fully saturated rings. The number of nitrogens with one attached hydrogen (secondary N) is 1. The summed E-state index contributed by atoms with van der Waals surface area (Å²) in [5.41, 5.74) is 0.466. The maximum Gasteiger partial charge on any atom is 0.322 e. The SMILES string of the molecule is O=C(Nc1ccc(F)cc1)N1CCC[C@@H]1c1nc(-c2ccc(F)cc2F)no1. The highest BCUT2D eigenvalue weighted by molar-refractivity contribution is 5.89. The first-order chi connectivity index (χ1) is 13.5. The van der Waals surface area contributed by atoms with Gasteiger partial charge in [0.1, 0.15) is 23.5 Å². The number of rotatable bonds is 3. The zero-order valence-electron chi connectivity index (χ0n) is 14.5. The largest absolute Gasteiger partial charge is 0.337 e. The molecular formula is C19H15F3N4O2. The van der Waals surface area contributed by atoms with E-state index in [9.17, 15) is 18.0 Å². The normalized spacial score (nSPS) is 16.4. The number of carbonyl (C=O) groups is 1. The summed E-state index contributed by atoms with van der Waals surface area (Å²) in [7, 11) is 0. The van der Waals surface area contributed by atoms with Crippen LogP contribution in [-0.4, -0.2) is 27.6 Å². The predicted molar refractivity (Wildman–Crippen MR) is 93.7 cm³/mol. The molecule has 2 heterocycles. The highest BCUT2D eigenvalue weighted by Gasteiger charge is 2.34. The van der Waals surface area contributed by atoms with E-state index in [1.807, 2.05) is 0 Å². The van der Waals surface area contributed by atoms with Crippen LogP contribution in [0.3, 0.4) is 0 Å². The number of aromatic nitrogens is 2. The van der Waals surface area contributed by atoms with Gasteiger partial charge in [0.05, 0.1) is 5.56 Å². The first-order valence-corrected chi connectivity index (χ1v) is 8.63. The van der Waals surface area contributed by atoms with Gasteiger partial charge in [-0.05, 0) is 49.2 Å². The molecule has 1 N–H and O–H groups in total. The van der Waals surface area contributed by atoms with Crippen LogP contribution in [0.2, 0.25) is 0 Å². The van der Waals surface area contributed by atoms with E-state index in [0.29, 0.717) is 18.7 Å². The zero-order valence-corrected chi connectivity index (χ0v) is 14.5. The highest BCUT2D eigenvalue weighted by Crippen LogP contribution is 2.33. The number of halogens is 3. The Balaban J connectivity index is 1.53. The van der Waals surface area contributed by atoms with Crippen LogP contribution >= 0.6 is 0 Å². The molecule has 0 bridgehead atoms. The first kappa shape index (κ1) is 18.0. The van der Waals surface area contributed by atoms with E-state index in [-0.39, 0.29) is 23.3 Å². The van der Waals surface area contributed by atoms with Crippen molar-refractivity contribution in [2.24, 2.45) is 0 Å². The quantitative estimate of drug-likeness (QED) is 0.716. The van der Waals surface area contributed by atoms with Gasteiger partial charge in [-0.3, -0.25) is 0 Å². The van der Waals surface area contributed by atoms with E-state index in [1.165, 1.54) is 35.2 Å². The second-order valence-corrected chi connectivity index (χ2v) is 6.37. The van der Waals surface area contributed by atoms with Gasteiger partial charge in [-0.2, -0.15) is 4.98 Å². The number of carbonyl (C=O) groups excluding carboxylic acids is 1. The van der Waals surface area contributed by atoms with E-state index in [0.717, 1.165) is 18.6 Å². The van der Waals surface area contributed by atoms with Gasteiger partial charge in [-0.15, -0.1) is 0 Å². The van der Waals surface area contributed by atoms with Crippen molar-refractivity contribution >= 4 is 11.7 Å². The second kappa shape index (κ2) is 7.34. The van der Waals surface area contributed by atoms with Crippen molar-refractivity contribution in [3.8, 4) is 11.4 Å². The summed E-state index contributed by atoms with van der Waals surface area (Å²) in [4.78, 5) is 18.3. The Morgan fingerprint density at radius 3 is 2.61 bits per heavy atom. The average Bonchev–Trinajstić information content (AvgIpc) is 3.32. The van der Waals surface area contributed by atoms with Crippen molar-refractivity contribution in [2.45, 2.75) is 18.9 Å². The maximum absolute atomic E-state index is 13.9. The van der Waals surface area contributed by atoms with Gasteiger partial charge < -0.3 is 14.7 Å². The molecule has 0 unspecified atom stereocenters. The molecule has 1 aromatic heterocycles. The molecule has 9 heteroatoms. The van der Waals surface area contributed by atoms with Gasteiger partial charge in [0.2, 0.25) is 11.7 Å². The fraction of sp³-hybridized carbons (Fsp3) is 0.211. The molecule has 4 rings (SSSR count). The molecule has 1 aliphatic rings. The Kier molecular flexibility index (Phi) is 4.72. The van der Waals surface area contributed by atoms with Crippen LogP contribution in [0.1, 0.15) is 24.8 Å². The minimum Gasteiger partial charge on any atom is -0.337 e. The lowest BCUT2D eigenvalue weighted by molar-refractivity contribution is 0.193. The molecule has 6 nitrogen and oxygen atoms in total. The summed E-state index contributed by atoms with van der Waals surface area (Å²) in [6.07, 6.45) is 1.33. The third-order valence-electron chi connectivity index (χ3n) is 4.51. The van der Waals surface area contributed by atoms with Gasteiger partial charge >= 0.3 is 6.03 Å². The number of nitrogens with zero attached hydrogens (tertiary/aromatic N) is 3. The van der Waals surface area contributed by atoms with Crippen LogP contribution < -0.4 is 5.32 Å². The molecule has 1 aliphatic heterocycles. The van der Waals surface area contributed by atoms with Gasteiger partial charge in [-0.1, -0.05) is 5.16 Å². The molecule has 0 saturated carbocycles. The minimum absolute atomic E-state index is 0.0108. The predicted octanol–water partition coefficient (Wildman–Crippen LogP) is 4.52. The zero-order chi connectivity index (χ0) is 19.7. The number of benzene rings is 2. The summed E-state index contributed by atoms with van der Waals surface area (Å²) >= 11 is 0. The van der Waals surface area contributed by atoms with Crippen molar-refractivity contribution in [2.75, 3.05) is 11.9 Å². The van der Waals surface area contributed by atoms with Crippen molar-refractivity contribution < 1.29 is 22.5 Å². The van der Waals surface area contributed by atoms with E-state index < -0.39 is 23.5 Å². The van der Waals surface area contributed by atoms with Crippen molar-refractivity contribution in [1.82, 2.24) is 15.0 Å². The van der Waals surface area contributed by atoms with Gasteiger partial charge in [0.15, 0.2) is 0 Å². The highest BCUT2D eigenvalue weighted by atomic mass is 19.1. The molecule has 3 aromatic rings. The number of likely N-dealkylation sites (tertiary alicyclic amines) is 1. The molecular weight excluding hydrogens is 373 g/mol. The van der Waals surface area contributed by atoms with Gasteiger partial charge in [0.25, 0.3) is 0 Å². The topological polar surface area (TPSA) is 71.3 Å².